The molecule has 0 aromatic heterocycles. The molecule has 0 spiro atoms. The van der Waals surface area contributed by atoms with Gasteiger partial charge in [-0.05, 0) is 31.4 Å². The van der Waals surface area contributed by atoms with Crippen LogP contribution in [0.15, 0.2) is 29.2 Å². The Hall–Kier alpha value is -1.20. The quantitative estimate of drug-likeness (QED) is 0.688. The lowest BCUT2D eigenvalue weighted by Gasteiger charge is -2.30. The highest BCUT2D eigenvalue weighted by Crippen LogP contribution is 2.35. The summed E-state index contributed by atoms with van der Waals surface area (Å²) in [5.74, 6) is 0.412. The summed E-state index contributed by atoms with van der Waals surface area (Å²) in [5, 5.41) is 0. The second-order valence-electron chi connectivity index (χ2n) is 7.54. The van der Waals surface area contributed by atoms with Crippen LogP contribution in [0.1, 0.15) is 57.9 Å². The molecule has 4 nitrogen and oxygen atoms in total. The zero-order chi connectivity index (χ0) is 17.8. The van der Waals surface area contributed by atoms with Crippen molar-refractivity contribution in [3.63, 3.8) is 0 Å². The summed E-state index contributed by atoms with van der Waals surface area (Å²) in [6, 6.07) is 6.43. The third-order valence-electron chi connectivity index (χ3n) is 4.93. The monoisotopic (exact) mass is 352 g/mol. The van der Waals surface area contributed by atoms with Crippen LogP contribution in [0.3, 0.4) is 0 Å². The van der Waals surface area contributed by atoms with Crippen molar-refractivity contribution in [1.29, 1.82) is 0 Å². The second-order valence-corrected chi connectivity index (χ2v) is 9.16. The lowest BCUT2D eigenvalue weighted by Crippen LogP contribution is -2.32. The van der Waals surface area contributed by atoms with Crippen LogP contribution in [0, 0.1) is 18.3 Å². The van der Waals surface area contributed by atoms with E-state index in [4.69, 9.17) is 4.18 Å². The molecule has 0 radical (unpaired) electrons. The van der Waals surface area contributed by atoms with E-state index in [9.17, 15) is 13.2 Å². The fraction of sp³-hybridized carbons (Fsp3) is 0.632. The molecule has 1 aliphatic carbocycles. The van der Waals surface area contributed by atoms with Crippen LogP contribution >= 0.6 is 0 Å². The highest BCUT2D eigenvalue weighted by atomic mass is 32.2. The van der Waals surface area contributed by atoms with Crippen LogP contribution in [-0.2, 0) is 19.1 Å². The molecule has 0 heterocycles. The van der Waals surface area contributed by atoms with Gasteiger partial charge in [0.1, 0.15) is 6.61 Å². The topological polar surface area (TPSA) is 60.4 Å². The van der Waals surface area contributed by atoms with Crippen LogP contribution < -0.4 is 0 Å². The van der Waals surface area contributed by atoms with Gasteiger partial charge in [0.15, 0.2) is 5.78 Å². The molecule has 0 saturated heterocycles. The van der Waals surface area contributed by atoms with E-state index in [1.807, 2.05) is 20.8 Å². The first-order valence-electron chi connectivity index (χ1n) is 8.70. The Balaban J connectivity index is 1.94. The molecule has 0 amide bonds. The van der Waals surface area contributed by atoms with Gasteiger partial charge in [-0.1, -0.05) is 63.6 Å². The molecule has 0 bridgehead atoms. The van der Waals surface area contributed by atoms with Crippen LogP contribution in [-0.4, -0.2) is 20.8 Å². The van der Waals surface area contributed by atoms with Crippen LogP contribution in [0.25, 0.3) is 0 Å². The molecule has 1 saturated carbocycles. The molecule has 134 valence electrons. The second kappa shape index (κ2) is 7.79. The molecule has 1 aliphatic rings. The summed E-state index contributed by atoms with van der Waals surface area (Å²) in [6.07, 6.45) is 6.88. The van der Waals surface area contributed by atoms with Crippen LogP contribution in [0.5, 0.6) is 0 Å². The van der Waals surface area contributed by atoms with Gasteiger partial charge in [-0.2, -0.15) is 8.42 Å². The van der Waals surface area contributed by atoms with E-state index < -0.39 is 22.1 Å². The molecular weight excluding hydrogens is 324 g/mol. The smallest absolute Gasteiger partial charge is 0.296 e. The van der Waals surface area contributed by atoms with Crippen LogP contribution in [0.2, 0.25) is 0 Å². The van der Waals surface area contributed by atoms with Crippen molar-refractivity contribution in [3.8, 4) is 0 Å². The van der Waals surface area contributed by atoms with Crippen molar-refractivity contribution in [3.05, 3.63) is 29.8 Å². The highest BCUT2D eigenvalue weighted by molar-refractivity contribution is 7.86. The summed E-state index contributed by atoms with van der Waals surface area (Å²) < 4.78 is 29.4. The minimum Gasteiger partial charge on any atom is -0.296 e. The highest BCUT2D eigenvalue weighted by Gasteiger charge is 2.32. The Morgan fingerprint density at radius 1 is 1.12 bits per heavy atom. The summed E-state index contributed by atoms with van der Waals surface area (Å²) in [7, 11) is -3.89. The summed E-state index contributed by atoms with van der Waals surface area (Å²) >= 11 is 0. The largest absolute Gasteiger partial charge is 0.297 e. The third-order valence-corrected chi connectivity index (χ3v) is 6.21. The van der Waals surface area contributed by atoms with E-state index in [2.05, 4.69) is 0 Å². The maximum absolute atomic E-state index is 12.5. The number of benzene rings is 1. The molecule has 1 aromatic carbocycles. The Morgan fingerprint density at radius 2 is 1.71 bits per heavy atom. The Kier molecular flexibility index (Phi) is 6.21. The van der Waals surface area contributed by atoms with Crippen molar-refractivity contribution in [1.82, 2.24) is 0 Å². The number of hydrogen-bond donors (Lipinski definition) is 0. The SMILES string of the molecule is Cc1ccc(S(=O)(=O)OCC(=O)C(C)(C)CC2CCCCC2)cc1. The maximum Gasteiger partial charge on any atom is 0.297 e. The van der Waals surface area contributed by atoms with Gasteiger partial charge in [0.25, 0.3) is 10.1 Å². The zero-order valence-corrected chi connectivity index (χ0v) is 15.7. The Labute approximate surface area is 145 Å². The van der Waals surface area contributed by atoms with Gasteiger partial charge in [-0.15, -0.1) is 0 Å². The van der Waals surface area contributed by atoms with Gasteiger partial charge in [-0.3, -0.25) is 8.98 Å². The van der Waals surface area contributed by atoms with E-state index in [1.54, 1.807) is 12.1 Å². The van der Waals surface area contributed by atoms with Crippen molar-refractivity contribution in [2.45, 2.75) is 64.2 Å². The first-order valence-corrected chi connectivity index (χ1v) is 10.1. The Bertz CT molecular complexity index is 653. The van der Waals surface area contributed by atoms with Gasteiger partial charge < -0.3 is 0 Å². The van der Waals surface area contributed by atoms with Crippen molar-refractivity contribution >= 4 is 15.9 Å². The van der Waals surface area contributed by atoms with E-state index in [1.165, 1.54) is 44.2 Å². The first kappa shape index (κ1) is 19.1. The minimum absolute atomic E-state index is 0.0889. The molecule has 1 fully saturated rings. The minimum atomic E-state index is -3.89. The molecule has 0 aliphatic heterocycles. The van der Waals surface area contributed by atoms with E-state index in [0.717, 1.165) is 12.0 Å². The maximum atomic E-state index is 12.5. The standard InChI is InChI=1S/C19H28O4S/c1-15-9-11-17(12-10-15)24(21,22)23-14-18(20)19(2,3)13-16-7-5-4-6-8-16/h9-12,16H,4-8,13-14H2,1-3H3. The average Bonchev–Trinajstić information content (AvgIpc) is 2.53. The molecule has 24 heavy (non-hydrogen) atoms. The number of hydrogen-bond acceptors (Lipinski definition) is 4. The fourth-order valence-corrected chi connectivity index (χ4v) is 4.19. The molecule has 1 aromatic rings. The fourth-order valence-electron chi connectivity index (χ4n) is 3.33. The average molecular weight is 352 g/mol. The number of Topliss-reactive ketones (excluding diaryl/α,β-unsaturated/α-hetero) is 1. The molecule has 0 unspecified atom stereocenters. The number of carbonyl (C=O) groups is 1. The van der Waals surface area contributed by atoms with Crippen molar-refractivity contribution in [2.75, 3.05) is 6.61 Å². The number of aryl methyl sites for hydroxylation is 1. The summed E-state index contributed by atoms with van der Waals surface area (Å²) in [5.41, 5.74) is 0.420. The molecule has 0 atom stereocenters. The normalized spacial score (nSPS) is 17.0. The van der Waals surface area contributed by atoms with E-state index >= 15 is 0 Å². The van der Waals surface area contributed by atoms with Gasteiger partial charge in [0.2, 0.25) is 0 Å². The van der Waals surface area contributed by atoms with Gasteiger partial charge in [0, 0.05) is 5.41 Å². The van der Waals surface area contributed by atoms with Crippen molar-refractivity contribution < 1.29 is 17.4 Å². The molecular formula is C19H28O4S. The van der Waals surface area contributed by atoms with E-state index in [-0.39, 0.29) is 10.7 Å². The van der Waals surface area contributed by atoms with Crippen LogP contribution in [0.4, 0.5) is 0 Å². The van der Waals surface area contributed by atoms with Gasteiger partial charge in [0.05, 0.1) is 4.90 Å². The molecule has 2 rings (SSSR count). The summed E-state index contributed by atoms with van der Waals surface area (Å²) in [4.78, 5) is 12.6. The van der Waals surface area contributed by atoms with Gasteiger partial charge in [-0.25, -0.2) is 0 Å². The first-order chi connectivity index (χ1) is 11.2. The number of carbonyl (C=O) groups excluding carboxylic acids is 1. The lowest BCUT2D eigenvalue weighted by atomic mass is 9.74. The molecule has 5 heteroatoms. The summed E-state index contributed by atoms with van der Waals surface area (Å²) in [6.45, 7) is 5.28. The Morgan fingerprint density at radius 3 is 2.29 bits per heavy atom. The molecule has 0 N–H and O–H groups in total. The number of rotatable bonds is 7. The predicted octanol–water partition coefficient (Wildman–Crippen LogP) is 4.27. The zero-order valence-electron chi connectivity index (χ0n) is 14.9. The van der Waals surface area contributed by atoms with E-state index in [0.29, 0.717) is 5.92 Å². The third kappa shape index (κ3) is 5.15. The predicted molar refractivity (Wildman–Crippen MR) is 94.3 cm³/mol. The van der Waals surface area contributed by atoms with Gasteiger partial charge >= 0.3 is 0 Å². The lowest BCUT2D eigenvalue weighted by molar-refractivity contribution is -0.130. The number of ketones is 1. The van der Waals surface area contributed by atoms with Crippen molar-refractivity contribution in [2.24, 2.45) is 11.3 Å².